The number of sulfonamides is 1. The first-order valence-corrected chi connectivity index (χ1v) is 12.9. The highest BCUT2D eigenvalue weighted by atomic mass is 32.2. The van der Waals surface area contributed by atoms with E-state index in [2.05, 4.69) is 16.1 Å². The number of anilines is 1. The third-order valence-corrected chi connectivity index (χ3v) is 8.39. The summed E-state index contributed by atoms with van der Waals surface area (Å²) in [6.45, 7) is 3.59. The minimum Gasteiger partial charge on any atom is -0.322 e. The van der Waals surface area contributed by atoms with E-state index in [4.69, 9.17) is 0 Å². The Morgan fingerprint density at radius 3 is 2.42 bits per heavy atom. The lowest BCUT2D eigenvalue weighted by Crippen LogP contribution is -2.35. The maximum absolute atomic E-state index is 12.6. The summed E-state index contributed by atoms with van der Waals surface area (Å²) >= 11 is 0. The molecule has 1 atom stereocenters. The van der Waals surface area contributed by atoms with E-state index in [1.807, 2.05) is 0 Å². The number of rotatable bonds is 6. The van der Waals surface area contributed by atoms with Gasteiger partial charge in [0.15, 0.2) is 9.84 Å². The molecular formula is C21H23N3O5S2. The van der Waals surface area contributed by atoms with Gasteiger partial charge in [0.2, 0.25) is 10.0 Å². The van der Waals surface area contributed by atoms with Gasteiger partial charge in [0.05, 0.1) is 27.9 Å². The van der Waals surface area contributed by atoms with Crippen LogP contribution in [0.4, 0.5) is 5.69 Å². The van der Waals surface area contributed by atoms with Crippen molar-refractivity contribution < 1.29 is 21.6 Å². The van der Waals surface area contributed by atoms with Crippen LogP contribution in [0.5, 0.6) is 0 Å². The number of carbonyl (C=O) groups excluding carboxylic acids is 1. The molecule has 2 aromatic carbocycles. The number of hydrogen-bond acceptors (Lipinski definition) is 6. The van der Waals surface area contributed by atoms with E-state index in [1.54, 1.807) is 38.1 Å². The van der Waals surface area contributed by atoms with E-state index < -0.39 is 37.2 Å². The Bertz CT molecular complexity index is 1240. The molecule has 0 bridgehead atoms. The number of sulfone groups is 1. The third kappa shape index (κ3) is 5.50. The summed E-state index contributed by atoms with van der Waals surface area (Å²) in [5, 5.41) is 11.9. The van der Waals surface area contributed by atoms with Crippen LogP contribution < -0.4 is 10.0 Å². The topological polar surface area (TPSA) is 133 Å². The minimum absolute atomic E-state index is 0.0486. The highest BCUT2D eigenvalue weighted by molar-refractivity contribution is 7.92. The molecule has 0 aromatic heterocycles. The van der Waals surface area contributed by atoms with Crippen molar-refractivity contribution in [3.63, 3.8) is 0 Å². The maximum Gasteiger partial charge on any atom is 0.255 e. The molecule has 3 rings (SSSR count). The van der Waals surface area contributed by atoms with Crippen LogP contribution in [-0.2, 0) is 25.3 Å². The van der Waals surface area contributed by atoms with Gasteiger partial charge in [0.25, 0.3) is 5.91 Å². The normalized spacial score (nSPS) is 18.3. The smallest absolute Gasteiger partial charge is 0.255 e. The van der Waals surface area contributed by atoms with Gasteiger partial charge in [-0.1, -0.05) is 18.2 Å². The fourth-order valence-electron chi connectivity index (χ4n) is 3.22. The number of nitrogens with one attached hydrogen (secondary N) is 2. The van der Waals surface area contributed by atoms with E-state index >= 15 is 0 Å². The number of amides is 1. The highest BCUT2D eigenvalue weighted by Crippen LogP contribution is 2.24. The molecule has 164 valence electrons. The van der Waals surface area contributed by atoms with Gasteiger partial charge in [-0.3, -0.25) is 4.79 Å². The molecule has 1 saturated heterocycles. The molecule has 10 heteroatoms. The first-order chi connectivity index (χ1) is 14.4. The van der Waals surface area contributed by atoms with Crippen molar-refractivity contribution in [2.75, 3.05) is 16.8 Å². The van der Waals surface area contributed by atoms with Crippen LogP contribution in [-0.4, -0.2) is 40.3 Å². The van der Waals surface area contributed by atoms with E-state index in [0.29, 0.717) is 5.69 Å². The van der Waals surface area contributed by atoms with E-state index in [0.717, 1.165) is 5.56 Å². The lowest BCUT2D eigenvalue weighted by Gasteiger charge is -2.16. The molecule has 8 nitrogen and oxygen atoms in total. The molecule has 1 amide bonds. The van der Waals surface area contributed by atoms with Crippen LogP contribution in [0.1, 0.15) is 36.2 Å². The lowest BCUT2D eigenvalue weighted by molar-refractivity contribution is 0.102. The Kier molecular flexibility index (Phi) is 6.23. The second-order valence-corrected chi connectivity index (χ2v) is 12.0. The molecule has 0 radical (unpaired) electrons. The summed E-state index contributed by atoms with van der Waals surface area (Å²) in [7, 11) is -7.20. The molecule has 0 aliphatic carbocycles. The van der Waals surface area contributed by atoms with Crippen molar-refractivity contribution >= 4 is 31.5 Å². The maximum atomic E-state index is 12.6. The van der Waals surface area contributed by atoms with Crippen molar-refractivity contribution in [3.05, 3.63) is 59.7 Å². The van der Waals surface area contributed by atoms with Crippen molar-refractivity contribution in [2.24, 2.45) is 0 Å². The fraction of sp³-hybridized carbons (Fsp3) is 0.333. The van der Waals surface area contributed by atoms with Gasteiger partial charge in [0.1, 0.15) is 0 Å². The molecule has 2 aromatic rings. The van der Waals surface area contributed by atoms with Gasteiger partial charge in [-0.15, -0.1) is 0 Å². The quantitative estimate of drug-likeness (QED) is 0.678. The SMILES string of the molecule is CC(C)(C#N)c1ccc(NC(=O)c2cccc(S(=O)(=O)NC3CCS(=O)(=O)C3)c2)cc1. The Balaban J connectivity index is 1.74. The molecule has 1 heterocycles. The Morgan fingerprint density at radius 1 is 1.16 bits per heavy atom. The van der Waals surface area contributed by atoms with Crippen LogP contribution in [0.2, 0.25) is 0 Å². The second kappa shape index (κ2) is 8.42. The molecular weight excluding hydrogens is 438 g/mol. The summed E-state index contributed by atoms with van der Waals surface area (Å²) in [5.41, 5.74) is 0.797. The molecule has 2 N–H and O–H groups in total. The molecule has 31 heavy (non-hydrogen) atoms. The van der Waals surface area contributed by atoms with Gasteiger partial charge < -0.3 is 5.32 Å². The van der Waals surface area contributed by atoms with Gasteiger partial charge in [-0.05, 0) is 56.2 Å². The lowest BCUT2D eigenvalue weighted by atomic mass is 9.86. The predicted octanol–water partition coefficient (Wildman–Crippen LogP) is 2.21. The zero-order valence-corrected chi connectivity index (χ0v) is 18.8. The van der Waals surface area contributed by atoms with Crippen LogP contribution in [0.3, 0.4) is 0 Å². The van der Waals surface area contributed by atoms with Crippen LogP contribution in [0.15, 0.2) is 53.4 Å². The van der Waals surface area contributed by atoms with Crippen LogP contribution in [0, 0.1) is 11.3 Å². The summed E-state index contributed by atoms with van der Waals surface area (Å²) < 4.78 is 50.8. The minimum atomic E-state index is -3.97. The first-order valence-electron chi connectivity index (χ1n) is 9.58. The average Bonchev–Trinajstić information content (AvgIpc) is 3.06. The van der Waals surface area contributed by atoms with Crippen molar-refractivity contribution in [1.29, 1.82) is 5.26 Å². The molecule has 1 aliphatic rings. The largest absolute Gasteiger partial charge is 0.322 e. The molecule has 0 saturated carbocycles. The number of carbonyl (C=O) groups is 1. The standard InChI is InChI=1S/C21H23N3O5S2/c1-21(2,14-22)16-6-8-17(9-7-16)23-20(25)15-4-3-5-19(12-15)31(28,29)24-18-10-11-30(26,27)13-18/h3-9,12,18,24H,10-11,13H2,1-2H3,(H,23,25). The summed E-state index contributed by atoms with van der Waals surface area (Å²) in [4.78, 5) is 12.5. The second-order valence-electron chi connectivity index (χ2n) is 8.02. The molecule has 0 spiro atoms. The number of benzene rings is 2. The predicted molar refractivity (Wildman–Crippen MR) is 117 cm³/mol. The zero-order valence-electron chi connectivity index (χ0n) is 17.1. The van der Waals surface area contributed by atoms with Crippen LogP contribution in [0.25, 0.3) is 0 Å². The monoisotopic (exact) mass is 461 g/mol. The van der Waals surface area contributed by atoms with Gasteiger partial charge in [0, 0.05) is 17.3 Å². The Hall–Kier alpha value is -2.74. The zero-order chi connectivity index (χ0) is 22.9. The van der Waals surface area contributed by atoms with Crippen molar-refractivity contribution in [1.82, 2.24) is 4.72 Å². The molecule has 1 unspecified atom stereocenters. The Labute approximate surface area is 182 Å². The number of nitriles is 1. The molecule has 1 fully saturated rings. The molecule has 1 aliphatic heterocycles. The summed E-state index contributed by atoms with van der Waals surface area (Å²) in [6, 6.07) is 13.9. The van der Waals surface area contributed by atoms with Gasteiger partial charge in [-0.2, -0.15) is 5.26 Å². The van der Waals surface area contributed by atoms with E-state index in [-0.39, 0.29) is 28.4 Å². The summed E-state index contributed by atoms with van der Waals surface area (Å²) in [5.74, 6) is -0.773. The van der Waals surface area contributed by atoms with E-state index in [1.165, 1.54) is 24.3 Å². The first kappa shape index (κ1) is 22.9. The van der Waals surface area contributed by atoms with Crippen molar-refractivity contribution in [2.45, 2.75) is 36.6 Å². The van der Waals surface area contributed by atoms with Crippen molar-refractivity contribution in [3.8, 4) is 6.07 Å². The highest BCUT2D eigenvalue weighted by Gasteiger charge is 2.31. The average molecular weight is 462 g/mol. The van der Waals surface area contributed by atoms with Gasteiger partial charge in [-0.25, -0.2) is 21.6 Å². The number of hydrogen-bond donors (Lipinski definition) is 2. The summed E-state index contributed by atoms with van der Waals surface area (Å²) in [6.07, 6.45) is 0.223. The number of nitrogens with zero attached hydrogens (tertiary/aromatic N) is 1. The Morgan fingerprint density at radius 2 is 1.84 bits per heavy atom. The van der Waals surface area contributed by atoms with Crippen LogP contribution >= 0.6 is 0 Å². The fourth-order valence-corrected chi connectivity index (χ4v) is 6.31. The third-order valence-electron chi connectivity index (χ3n) is 5.10. The van der Waals surface area contributed by atoms with E-state index in [9.17, 15) is 26.9 Å². The van der Waals surface area contributed by atoms with Gasteiger partial charge >= 0.3 is 0 Å².